The molecule has 1 fully saturated rings. The number of aromatic nitrogens is 3. The number of ether oxygens (including phenoxy) is 1. The summed E-state index contributed by atoms with van der Waals surface area (Å²) in [4.78, 5) is 29.9. The summed E-state index contributed by atoms with van der Waals surface area (Å²) in [5.74, 6) is -0.676. The maximum absolute atomic E-state index is 13.0. The van der Waals surface area contributed by atoms with Gasteiger partial charge in [-0.1, -0.05) is 6.07 Å². The Kier molecular flexibility index (Phi) is 4.48. The first-order chi connectivity index (χ1) is 13.3. The Morgan fingerprint density at radius 3 is 2.71 bits per heavy atom. The zero-order chi connectivity index (χ0) is 19.9. The van der Waals surface area contributed by atoms with Crippen molar-refractivity contribution in [2.24, 2.45) is 5.92 Å². The van der Waals surface area contributed by atoms with Crippen molar-refractivity contribution >= 4 is 11.9 Å². The second-order valence-electron chi connectivity index (χ2n) is 8.75. The van der Waals surface area contributed by atoms with Crippen molar-refractivity contribution in [3.63, 3.8) is 0 Å². The van der Waals surface area contributed by atoms with Crippen LogP contribution >= 0.6 is 0 Å². The van der Waals surface area contributed by atoms with E-state index in [9.17, 15) is 9.59 Å². The molecule has 2 aliphatic rings. The number of hydrogen-bond donors (Lipinski definition) is 2. The molecule has 2 heterocycles. The van der Waals surface area contributed by atoms with Gasteiger partial charge in [-0.2, -0.15) is 5.10 Å². The van der Waals surface area contributed by atoms with Crippen molar-refractivity contribution in [3.8, 4) is 0 Å². The topological polar surface area (TPSA) is 97.0 Å². The quantitative estimate of drug-likeness (QED) is 0.793. The number of aryl methyl sites for hydroxylation is 1. The average molecular weight is 382 g/mol. The largest absolute Gasteiger partial charge is 0.460 e. The maximum Gasteiger partial charge on any atom is 0.309 e. The highest BCUT2D eigenvalue weighted by molar-refractivity contribution is 5.95. The van der Waals surface area contributed by atoms with Crippen molar-refractivity contribution in [2.75, 3.05) is 0 Å². The number of pyridine rings is 1. The molecule has 2 aliphatic carbocycles. The van der Waals surface area contributed by atoms with Crippen molar-refractivity contribution in [1.82, 2.24) is 20.5 Å². The van der Waals surface area contributed by atoms with E-state index in [1.54, 1.807) is 6.20 Å². The molecule has 28 heavy (non-hydrogen) atoms. The van der Waals surface area contributed by atoms with Crippen LogP contribution in [0, 0.1) is 5.92 Å². The van der Waals surface area contributed by atoms with Crippen LogP contribution in [0.25, 0.3) is 0 Å². The first-order valence-corrected chi connectivity index (χ1v) is 9.80. The minimum absolute atomic E-state index is 0.210. The zero-order valence-electron chi connectivity index (χ0n) is 16.5. The number of H-pyrrole nitrogens is 1. The number of rotatable bonds is 4. The molecule has 2 aromatic heterocycles. The van der Waals surface area contributed by atoms with E-state index in [-0.39, 0.29) is 17.8 Å². The molecular formula is C21H26N4O3. The second kappa shape index (κ2) is 6.72. The van der Waals surface area contributed by atoms with Crippen LogP contribution in [0.4, 0.5) is 0 Å². The third-order valence-corrected chi connectivity index (χ3v) is 5.36. The molecule has 0 bridgehead atoms. The number of carbonyl (C=O) groups is 2. The highest BCUT2D eigenvalue weighted by Gasteiger charge is 2.47. The molecule has 0 aliphatic heterocycles. The van der Waals surface area contributed by atoms with Crippen molar-refractivity contribution in [3.05, 3.63) is 47.0 Å². The smallest absolute Gasteiger partial charge is 0.309 e. The molecule has 1 amide bonds. The Bertz CT molecular complexity index is 894. The Morgan fingerprint density at radius 2 is 2.07 bits per heavy atom. The highest BCUT2D eigenvalue weighted by atomic mass is 16.6. The summed E-state index contributed by atoms with van der Waals surface area (Å²) in [7, 11) is 0. The molecule has 4 rings (SSSR count). The number of nitrogens with zero attached hydrogens (tertiary/aromatic N) is 2. The summed E-state index contributed by atoms with van der Waals surface area (Å²) in [6.07, 6.45) is 5.32. The van der Waals surface area contributed by atoms with Crippen LogP contribution in [0.5, 0.6) is 0 Å². The monoisotopic (exact) mass is 382 g/mol. The van der Waals surface area contributed by atoms with Gasteiger partial charge in [-0.05, 0) is 65.0 Å². The summed E-state index contributed by atoms with van der Waals surface area (Å²) in [6, 6.07) is 5.73. The predicted molar refractivity (Wildman–Crippen MR) is 103 cm³/mol. The Hall–Kier alpha value is -2.70. The number of carbonyl (C=O) groups excluding carboxylic acids is 2. The first kappa shape index (κ1) is 18.7. The van der Waals surface area contributed by atoms with E-state index in [0.717, 1.165) is 29.8 Å². The Balaban J connectivity index is 1.50. The van der Waals surface area contributed by atoms with Crippen LogP contribution < -0.4 is 5.32 Å². The van der Waals surface area contributed by atoms with Gasteiger partial charge in [-0.3, -0.25) is 19.7 Å². The minimum Gasteiger partial charge on any atom is -0.460 e. The van der Waals surface area contributed by atoms with E-state index in [2.05, 4.69) is 20.5 Å². The number of amides is 1. The number of nitrogens with one attached hydrogen (secondary N) is 2. The molecule has 0 radical (unpaired) electrons. The molecule has 1 unspecified atom stereocenters. The number of esters is 1. The maximum atomic E-state index is 13.0. The van der Waals surface area contributed by atoms with Gasteiger partial charge < -0.3 is 10.1 Å². The molecule has 0 saturated heterocycles. The lowest BCUT2D eigenvalue weighted by Gasteiger charge is -2.26. The molecule has 7 nitrogen and oxygen atoms in total. The van der Waals surface area contributed by atoms with Gasteiger partial charge in [0.1, 0.15) is 5.60 Å². The molecule has 1 saturated carbocycles. The van der Waals surface area contributed by atoms with Gasteiger partial charge in [0.2, 0.25) is 0 Å². The first-order valence-electron chi connectivity index (χ1n) is 9.80. The fraction of sp³-hybridized carbons (Fsp3) is 0.524. The molecule has 0 spiro atoms. The molecule has 148 valence electrons. The Labute approximate surface area is 164 Å². The average Bonchev–Trinajstić information content (AvgIpc) is 3.30. The summed E-state index contributed by atoms with van der Waals surface area (Å²) < 4.78 is 5.54. The lowest BCUT2D eigenvalue weighted by molar-refractivity contribution is -0.160. The number of aromatic amines is 1. The molecular weight excluding hydrogens is 356 g/mol. The summed E-state index contributed by atoms with van der Waals surface area (Å²) >= 11 is 0. The van der Waals surface area contributed by atoms with E-state index in [1.165, 1.54) is 0 Å². The lowest BCUT2D eigenvalue weighted by atomic mass is 9.86. The van der Waals surface area contributed by atoms with Crippen LogP contribution in [0.2, 0.25) is 0 Å². The fourth-order valence-corrected chi connectivity index (χ4v) is 3.76. The van der Waals surface area contributed by atoms with Crippen LogP contribution in [-0.2, 0) is 27.9 Å². The summed E-state index contributed by atoms with van der Waals surface area (Å²) in [5, 5.41) is 10.4. The number of hydrogen-bond acceptors (Lipinski definition) is 5. The van der Waals surface area contributed by atoms with E-state index < -0.39 is 11.1 Å². The van der Waals surface area contributed by atoms with E-state index in [4.69, 9.17) is 4.74 Å². The van der Waals surface area contributed by atoms with Crippen LogP contribution in [0.3, 0.4) is 0 Å². The van der Waals surface area contributed by atoms with Gasteiger partial charge in [-0.25, -0.2) is 0 Å². The minimum atomic E-state index is -0.519. The van der Waals surface area contributed by atoms with Crippen LogP contribution in [0.1, 0.15) is 67.5 Å². The molecule has 2 aromatic rings. The molecule has 1 atom stereocenters. The molecule has 2 N–H and O–H groups in total. The van der Waals surface area contributed by atoms with Gasteiger partial charge >= 0.3 is 5.97 Å². The van der Waals surface area contributed by atoms with Crippen LogP contribution in [-0.4, -0.2) is 32.7 Å². The highest BCUT2D eigenvalue weighted by Crippen LogP contribution is 2.44. The zero-order valence-corrected chi connectivity index (χ0v) is 16.5. The SMILES string of the molecule is CC(C)(C)OC(=O)C1CCc2[nH]nc(C(=O)NC3(c4ccccn4)CC3)c2C1. The summed E-state index contributed by atoms with van der Waals surface area (Å²) in [5.41, 5.74) is 2.10. The van der Waals surface area contributed by atoms with Gasteiger partial charge in [0, 0.05) is 17.5 Å². The van der Waals surface area contributed by atoms with Gasteiger partial charge in [0.25, 0.3) is 5.91 Å². The molecule has 7 heteroatoms. The standard InChI is InChI=1S/C21H26N4O3/c1-20(2,3)28-19(27)13-7-8-15-14(12-13)17(25-24-15)18(26)23-21(9-10-21)16-6-4-5-11-22-16/h4-6,11,13H,7-10,12H2,1-3H3,(H,23,26)(H,24,25). The van der Waals surface area contributed by atoms with Crippen molar-refractivity contribution in [2.45, 2.75) is 64.0 Å². The molecule has 0 aromatic carbocycles. The van der Waals surface area contributed by atoms with Crippen LogP contribution in [0.15, 0.2) is 24.4 Å². The van der Waals surface area contributed by atoms with E-state index in [1.807, 2.05) is 39.0 Å². The third kappa shape index (κ3) is 3.66. The van der Waals surface area contributed by atoms with Crippen molar-refractivity contribution < 1.29 is 14.3 Å². The second-order valence-corrected chi connectivity index (χ2v) is 8.75. The lowest BCUT2D eigenvalue weighted by Crippen LogP contribution is -2.37. The summed E-state index contributed by atoms with van der Waals surface area (Å²) in [6.45, 7) is 5.59. The van der Waals surface area contributed by atoms with Crippen molar-refractivity contribution in [1.29, 1.82) is 0 Å². The predicted octanol–water partition coefficient (Wildman–Crippen LogP) is 2.67. The normalized spacial score (nSPS) is 20.2. The fourth-order valence-electron chi connectivity index (χ4n) is 3.76. The van der Waals surface area contributed by atoms with Gasteiger partial charge in [0.05, 0.1) is 17.2 Å². The van der Waals surface area contributed by atoms with Gasteiger partial charge in [-0.15, -0.1) is 0 Å². The van der Waals surface area contributed by atoms with E-state index >= 15 is 0 Å². The van der Waals surface area contributed by atoms with E-state index in [0.29, 0.717) is 25.0 Å². The Morgan fingerprint density at radius 1 is 1.29 bits per heavy atom. The number of fused-ring (bicyclic) bond motifs is 1. The third-order valence-electron chi connectivity index (χ3n) is 5.36. The van der Waals surface area contributed by atoms with Gasteiger partial charge in [0.15, 0.2) is 5.69 Å².